The molecule has 3 heteroatoms. The first kappa shape index (κ1) is 12.4. The van der Waals surface area contributed by atoms with Gasteiger partial charge in [0.15, 0.2) is 0 Å². The normalized spacial score (nSPS) is 17.7. The molecule has 0 radical (unpaired) electrons. The molecule has 1 aromatic rings. The lowest BCUT2D eigenvalue weighted by molar-refractivity contribution is 0.291. The summed E-state index contributed by atoms with van der Waals surface area (Å²) in [6, 6.07) is 6.51. The van der Waals surface area contributed by atoms with Crippen LogP contribution in [0.1, 0.15) is 37.9 Å². The molecule has 1 aliphatic heterocycles. The van der Waals surface area contributed by atoms with Crippen LogP contribution in [0.15, 0.2) is 18.2 Å². The van der Waals surface area contributed by atoms with E-state index in [1.165, 1.54) is 11.1 Å². The van der Waals surface area contributed by atoms with Crippen molar-refractivity contribution in [3.63, 3.8) is 0 Å². The number of nitrogens with one attached hydrogen (secondary N) is 1. The zero-order chi connectivity index (χ0) is 12.4. The molecule has 3 N–H and O–H groups in total. The quantitative estimate of drug-likeness (QED) is 0.621. The van der Waals surface area contributed by atoms with Gasteiger partial charge in [-0.05, 0) is 17.4 Å². The second-order valence-electron chi connectivity index (χ2n) is 5.18. The zero-order valence-electron chi connectivity index (χ0n) is 10.9. The fraction of sp³-hybridized carbons (Fsp3) is 0.571. The molecular formula is C14H22N2O. The molecule has 0 aliphatic carbocycles. The van der Waals surface area contributed by atoms with E-state index in [4.69, 9.17) is 10.6 Å². The molecule has 3 nitrogen and oxygen atoms in total. The van der Waals surface area contributed by atoms with Crippen molar-refractivity contribution >= 4 is 0 Å². The Morgan fingerprint density at radius 1 is 1.29 bits per heavy atom. The van der Waals surface area contributed by atoms with Gasteiger partial charge in [-0.25, -0.2) is 0 Å². The van der Waals surface area contributed by atoms with Gasteiger partial charge < -0.3 is 4.74 Å². The Morgan fingerprint density at radius 2 is 2.06 bits per heavy atom. The van der Waals surface area contributed by atoms with Gasteiger partial charge in [-0.3, -0.25) is 11.3 Å². The molecular weight excluding hydrogens is 212 g/mol. The summed E-state index contributed by atoms with van der Waals surface area (Å²) in [5, 5.41) is 0. The van der Waals surface area contributed by atoms with Crippen LogP contribution in [-0.2, 0) is 6.42 Å². The van der Waals surface area contributed by atoms with E-state index < -0.39 is 0 Å². The van der Waals surface area contributed by atoms with Crippen molar-refractivity contribution in [2.45, 2.75) is 33.2 Å². The lowest BCUT2D eigenvalue weighted by atomic mass is 9.85. The fourth-order valence-electron chi connectivity index (χ4n) is 2.40. The van der Waals surface area contributed by atoms with Gasteiger partial charge in [0.1, 0.15) is 5.75 Å². The van der Waals surface area contributed by atoms with E-state index in [0.717, 1.165) is 18.8 Å². The standard InChI is InChI=1S/C14H22N2O/c1-9(2)10(3)13(16-15)12-6-4-5-11-7-8-17-14(11)12/h4-6,9-10,13,16H,7-8,15H2,1-3H3. The van der Waals surface area contributed by atoms with Crippen molar-refractivity contribution < 1.29 is 4.74 Å². The molecule has 2 unspecified atom stereocenters. The molecule has 1 aliphatic rings. The first-order valence-electron chi connectivity index (χ1n) is 6.36. The minimum absolute atomic E-state index is 0.156. The Hall–Kier alpha value is -1.06. The lowest BCUT2D eigenvalue weighted by Gasteiger charge is -2.27. The summed E-state index contributed by atoms with van der Waals surface area (Å²) < 4.78 is 5.75. The van der Waals surface area contributed by atoms with E-state index in [9.17, 15) is 0 Å². The highest BCUT2D eigenvalue weighted by Crippen LogP contribution is 2.37. The van der Waals surface area contributed by atoms with Crippen LogP contribution in [0.3, 0.4) is 0 Å². The Morgan fingerprint density at radius 3 is 2.71 bits per heavy atom. The van der Waals surface area contributed by atoms with Gasteiger partial charge in [0.05, 0.1) is 12.6 Å². The second kappa shape index (κ2) is 5.07. The van der Waals surface area contributed by atoms with Crippen molar-refractivity contribution in [3.05, 3.63) is 29.3 Å². The molecule has 0 saturated heterocycles. The number of nitrogens with two attached hydrogens (primary N) is 1. The molecule has 0 fully saturated rings. The van der Waals surface area contributed by atoms with E-state index in [2.05, 4.69) is 44.4 Å². The number of hydrogen-bond acceptors (Lipinski definition) is 3. The summed E-state index contributed by atoms with van der Waals surface area (Å²) in [4.78, 5) is 0. The molecule has 1 aromatic carbocycles. The van der Waals surface area contributed by atoms with Crippen LogP contribution in [0.5, 0.6) is 5.75 Å². The zero-order valence-corrected chi connectivity index (χ0v) is 10.9. The van der Waals surface area contributed by atoms with Gasteiger partial charge in [-0.1, -0.05) is 39.0 Å². The largest absolute Gasteiger partial charge is 0.493 e. The maximum atomic E-state index is 5.75. The van der Waals surface area contributed by atoms with Crippen molar-refractivity contribution in [1.29, 1.82) is 0 Å². The SMILES string of the molecule is CC(C)C(C)C(NN)c1cccc2c1OCC2. The van der Waals surface area contributed by atoms with Gasteiger partial charge in [0.25, 0.3) is 0 Å². The third-order valence-electron chi connectivity index (χ3n) is 3.84. The Kier molecular flexibility index (Phi) is 3.69. The summed E-state index contributed by atoms with van der Waals surface area (Å²) in [6.45, 7) is 7.46. The molecule has 0 amide bonds. The number of para-hydroxylation sites is 1. The number of fused-ring (bicyclic) bond motifs is 1. The van der Waals surface area contributed by atoms with E-state index in [-0.39, 0.29) is 6.04 Å². The minimum atomic E-state index is 0.156. The molecule has 0 spiro atoms. The average molecular weight is 234 g/mol. The van der Waals surface area contributed by atoms with E-state index in [1.54, 1.807) is 0 Å². The molecule has 2 atom stereocenters. The smallest absolute Gasteiger partial charge is 0.127 e. The van der Waals surface area contributed by atoms with E-state index in [1.807, 2.05) is 0 Å². The molecule has 0 bridgehead atoms. The first-order valence-corrected chi connectivity index (χ1v) is 6.36. The van der Waals surface area contributed by atoms with Crippen LogP contribution < -0.4 is 16.0 Å². The summed E-state index contributed by atoms with van der Waals surface area (Å²) in [7, 11) is 0. The predicted molar refractivity (Wildman–Crippen MR) is 69.7 cm³/mol. The van der Waals surface area contributed by atoms with Crippen LogP contribution in [0, 0.1) is 11.8 Å². The van der Waals surface area contributed by atoms with Gasteiger partial charge in [0.2, 0.25) is 0 Å². The van der Waals surface area contributed by atoms with Crippen molar-refractivity contribution in [1.82, 2.24) is 5.43 Å². The Balaban J connectivity index is 2.35. The second-order valence-corrected chi connectivity index (χ2v) is 5.18. The molecule has 1 heterocycles. The van der Waals surface area contributed by atoms with Crippen LogP contribution in [-0.4, -0.2) is 6.61 Å². The van der Waals surface area contributed by atoms with Gasteiger partial charge >= 0.3 is 0 Å². The fourth-order valence-corrected chi connectivity index (χ4v) is 2.40. The molecule has 94 valence electrons. The van der Waals surface area contributed by atoms with E-state index in [0.29, 0.717) is 11.8 Å². The monoisotopic (exact) mass is 234 g/mol. The third-order valence-corrected chi connectivity index (χ3v) is 3.84. The molecule has 0 aromatic heterocycles. The molecule has 17 heavy (non-hydrogen) atoms. The third kappa shape index (κ3) is 2.31. The summed E-state index contributed by atoms with van der Waals surface area (Å²) in [5.74, 6) is 7.82. The maximum Gasteiger partial charge on any atom is 0.127 e. The highest BCUT2D eigenvalue weighted by Gasteiger charge is 2.26. The predicted octanol–water partition coefficient (Wildman–Crippen LogP) is 2.42. The molecule has 0 saturated carbocycles. The lowest BCUT2D eigenvalue weighted by Crippen LogP contribution is -2.34. The number of benzene rings is 1. The Bertz CT molecular complexity index is 390. The number of hydrazine groups is 1. The van der Waals surface area contributed by atoms with Gasteiger partial charge in [-0.2, -0.15) is 0 Å². The van der Waals surface area contributed by atoms with Gasteiger partial charge in [-0.15, -0.1) is 0 Å². The van der Waals surface area contributed by atoms with Crippen LogP contribution in [0.4, 0.5) is 0 Å². The van der Waals surface area contributed by atoms with Crippen molar-refractivity contribution in [2.75, 3.05) is 6.61 Å². The topological polar surface area (TPSA) is 47.3 Å². The number of ether oxygens (including phenoxy) is 1. The van der Waals surface area contributed by atoms with Crippen LogP contribution >= 0.6 is 0 Å². The maximum absolute atomic E-state index is 5.75. The summed E-state index contributed by atoms with van der Waals surface area (Å²) >= 11 is 0. The summed E-state index contributed by atoms with van der Waals surface area (Å²) in [5.41, 5.74) is 5.45. The van der Waals surface area contributed by atoms with Crippen molar-refractivity contribution in [2.24, 2.45) is 17.7 Å². The van der Waals surface area contributed by atoms with Crippen LogP contribution in [0.2, 0.25) is 0 Å². The van der Waals surface area contributed by atoms with Gasteiger partial charge in [0, 0.05) is 12.0 Å². The number of hydrogen-bond donors (Lipinski definition) is 2. The molecule has 2 rings (SSSR count). The Labute approximate surface area is 103 Å². The van der Waals surface area contributed by atoms with E-state index >= 15 is 0 Å². The van der Waals surface area contributed by atoms with Crippen LogP contribution in [0.25, 0.3) is 0 Å². The van der Waals surface area contributed by atoms with Crippen molar-refractivity contribution in [3.8, 4) is 5.75 Å². The summed E-state index contributed by atoms with van der Waals surface area (Å²) in [6.07, 6.45) is 1.01. The minimum Gasteiger partial charge on any atom is -0.493 e. The first-order chi connectivity index (χ1) is 8.15. The highest BCUT2D eigenvalue weighted by molar-refractivity contribution is 5.45. The average Bonchev–Trinajstić information content (AvgIpc) is 2.78. The highest BCUT2D eigenvalue weighted by atomic mass is 16.5. The number of rotatable bonds is 4.